The van der Waals surface area contributed by atoms with E-state index >= 15 is 0 Å². The maximum atomic E-state index is 13.5. The first-order chi connectivity index (χ1) is 17.5. The number of carbonyl (C=O) groups excluding carboxylic acids is 1. The monoisotopic (exact) mass is 529 g/mol. The number of carbonyl (C=O) groups is 1. The zero-order valence-electron chi connectivity index (χ0n) is 19.7. The second-order valence-corrected chi connectivity index (χ2v) is 11.7. The van der Waals surface area contributed by atoms with E-state index in [4.69, 9.17) is 0 Å². The maximum Gasteiger partial charge on any atom is 0.387 e. The van der Waals surface area contributed by atoms with Crippen molar-refractivity contribution < 1.29 is 31.1 Å². The molecule has 2 aromatic carbocycles. The Kier molecular flexibility index (Phi) is 6.26. The lowest BCUT2D eigenvalue weighted by molar-refractivity contribution is -0.0498. The standard InChI is InChI=1S/C26H22F3N3O4S/c1-26(9-10-37(34,35)15-26)13-22(33)16-5-7-20-21(12-16)32(23-8-6-18(27)14-30-23)31-24(20)17-3-2-4-19(11-17)36-25(28)29/h2-8,11-12,14,25H,9-10,13,15H2,1H3. The first-order valence-electron chi connectivity index (χ1n) is 11.5. The number of ketones is 1. The van der Waals surface area contributed by atoms with Crippen LogP contribution in [0.2, 0.25) is 0 Å². The number of Topliss-reactive ketones (excluding diaryl/α,β-unsaturated/α-hetero) is 1. The van der Waals surface area contributed by atoms with Gasteiger partial charge in [-0.05, 0) is 48.2 Å². The van der Waals surface area contributed by atoms with Gasteiger partial charge in [0.1, 0.15) is 17.3 Å². The summed E-state index contributed by atoms with van der Waals surface area (Å²) in [4.78, 5) is 17.3. The second-order valence-electron chi connectivity index (χ2n) is 9.49. The highest BCUT2D eigenvalue weighted by molar-refractivity contribution is 7.91. The number of alkyl halides is 2. The fourth-order valence-electron chi connectivity index (χ4n) is 4.70. The van der Waals surface area contributed by atoms with Crippen LogP contribution < -0.4 is 4.74 Å². The van der Waals surface area contributed by atoms with Gasteiger partial charge in [-0.25, -0.2) is 22.5 Å². The number of hydrogen-bond donors (Lipinski definition) is 0. The predicted octanol–water partition coefficient (Wildman–Crippen LogP) is 5.23. The Balaban J connectivity index is 1.59. The SMILES string of the molecule is CC1(CC(=O)c2ccc3c(-c4cccc(OC(F)F)c4)nn(-c4ccc(F)cn4)c3c2)CCS(=O)(=O)C1. The predicted molar refractivity (Wildman–Crippen MR) is 131 cm³/mol. The number of hydrogen-bond acceptors (Lipinski definition) is 6. The highest BCUT2D eigenvalue weighted by Gasteiger charge is 2.40. The summed E-state index contributed by atoms with van der Waals surface area (Å²) in [5.74, 6) is -0.468. The molecular weight excluding hydrogens is 507 g/mol. The van der Waals surface area contributed by atoms with E-state index in [1.165, 1.54) is 28.9 Å². The fraction of sp³-hybridized carbons (Fsp3) is 0.269. The van der Waals surface area contributed by atoms with Gasteiger partial charge in [-0.2, -0.15) is 13.9 Å². The van der Waals surface area contributed by atoms with Gasteiger partial charge in [0, 0.05) is 22.9 Å². The molecule has 0 aliphatic carbocycles. The Bertz CT molecular complexity index is 1600. The number of halogens is 3. The highest BCUT2D eigenvalue weighted by atomic mass is 32.2. The summed E-state index contributed by atoms with van der Waals surface area (Å²) < 4.78 is 69.0. The average molecular weight is 530 g/mol. The Morgan fingerprint density at radius 2 is 1.97 bits per heavy atom. The minimum absolute atomic E-state index is 0.0351. The third kappa shape index (κ3) is 5.22. The molecule has 0 bridgehead atoms. The summed E-state index contributed by atoms with van der Waals surface area (Å²) >= 11 is 0. The molecule has 1 fully saturated rings. The van der Waals surface area contributed by atoms with Gasteiger partial charge in [0.15, 0.2) is 21.4 Å². The van der Waals surface area contributed by atoms with Crippen LogP contribution in [0.5, 0.6) is 5.75 Å². The van der Waals surface area contributed by atoms with Gasteiger partial charge in [0.2, 0.25) is 0 Å². The van der Waals surface area contributed by atoms with Crippen molar-refractivity contribution in [2.45, 2.75) is 26.4 Å². The quantitative estimate of drug-likeness (QED) is 0.305. The van der Waals surface area contributed by atoms with E-state index in [1.54, 1.807) is 37.3 Å². The Hall–Kier alpha value is -3.73. The van der Waals surface area contributed by atoms with Crippen LogP contribution in [0, 0.1) is 11.2 Å². The van der Waals surface area contributed by atoms with Gasteiger partial charge < -0.3 is 4.74 Å². The largest absolute Gasteiger partial charge is 0.435 e. The molecule has 0 radical (unpaired) electrons. The summed E-state index contributed by atoms with van der Waals surface area (Å²) in [5, 5.41) is 5.22. The number of fused-ring (bicyclic) bond motifs is 1. The molecule has 1 aliphatic heterocycles. The van der Waals surface area contributed by atoms with Crippen molar-refractivity contribution >= 4 is 26.5 Å². The molecule has 0 spiro atoms. The molecule has 37 heavy (non-hydrogen) atoms. The van der Waals surface area contributed by atoms with Gasteiger partial charge >= 0.3 is 6.61 Å². The summed E-state index contributed by atoms with van der Waals surface area (Å²) in [7, 11) is -3.16. The highest BCUT2D eigenvalue weighted by Crippen LogP contribution is 2.37. The van der Waals surface area contributed by atoms with E-state index in [-0.39, 0.29) is 35.3 Å². The second kappa shape index (κ2) is 9.29. The molecule has 1 atom stereocenters. The Labute approximate surface area is 210 Å². The number of ether oxygens (including phenoxy) is 1. The smallest absolute Gasteiger partial charge is 0.387 e. The minimum atomic E-state index is -3.16. The molecule has 0 saturated carbocycles. The molecule has 1 unspecified atom stereocenters. The number of rotatable bonds is 7. The molecule has 3 heterocycles. The molecule has 0 amide bonds. The van der Waals surface area contributed by atoms with Crippen molar-refractivity contribution in [3.8, 4) is 22.8 Å². The van der Waals surface area contributed by atoms with Gasteiger partial charge in [-0.3, -0.25) is 4.79 Å². The lowest BCUT2D eigenvalue weighted by Crippen LogP contribution is -2.22. The maximum absolute atomic E-state index is 13.5. The molecule has 4 aromatic rings. The van der Waals surface area contributed by atoms with Crippen LogP contribution in [0.3, 0.4) is 0 Å². The van der Waals surface area contributed by atoms with Crippen molar-refractivity contribution in [1.82, 2.24) is 14.8 Å². The third-order valence-electron chi connectivity index (χ3n) is 6.44. The molecule has 1 aliphatic rings. The van der Waals surface area contributed by atoms with Crippen LogP contribution in [0.25, 0.3) is 28.0 Å². The van der Waals surface area contributed by atoms with E-state index in [9.17, 15) is 26.4 Å². The summed E-state index contributed by atoms with van der Waals surface area (Å²) in [5.41, 5.74) is 1.13. The number of benzene rings is 2. The number of pyridine rings is 1. The first-order valence-corrected chi connectivity index (χ1v) is 13.3. The third-order valence-corrected chi connectivity index (χ3v) is 8.40. The Morgan fingerprint density at radius 3 is 2.65 bits per heavy atom. The molecule has 1 saturated heterocycles. The van der Waals surface area contributed by atoms with Crippen molar-refractivity contribution in [2.24, 2.45) is 5.41 Å². The van der Waals surface area contributed by atoms with Gasteiger partial charge in [0.25, 0.3) is 0 Å². The molecule has 5 rings (SSSR count). The number of sulfone groups is 1. The zero-order chi connectivity index (χ0) is 26.4. The van der Waals surface area contributed by atoms with Crippen molar-refractivity contribution in [3.63, 3.8) is 0 Å². The van der Waals surface area contributed by atoms with E-state index < -0.39 is 27.7 Å². The lowest BCUT2D eigenvalue weighted by Gasteiger charge is -2.20. The van der Waals surface area contributed by atoms with Gasteiger partial charge in [-0.1, -0.05) is 25.1 Å². The first kappa shape index (κ1) is 24.9. The number of nitrogens with zero attached hydrogens (tertiary/aromatic N) is 3. The van der Waals surface area contributed by atoms with E-state index in [0.717, 1.165) is 6.20 Å². The molecule has 0 N–H and O–H groups in total. The zero-order valence-corrected chi connectivity index (χ0v) is 20.5. The topological polar surface area (TPSA) is 91.2 Å². The summed E-state index contributed by atoms with van der Waals surface area (Å²) in [6, 6.07) is 13.7. The van der Waals surface area contributed by atoms with Crippen LogP contribution in [-0.4, -0.2) is 47.1 Å². The Morgan fingerprint density at radius 1 is 1.16 bits per heavy atom. The summed E-state index contributed by atoms with van der Waals surface area (Å²) in [6.45, 7) is -1.19. The van der Waals surface area contributed by atoms with Crippen molar-refractivity contribution in [2.75, 3.05) is 11.5 Å². The fourth-order valence-corrected chi connectivity index (χ4v) is 6.95. The van der Waals surface area contributed by atoms with Crippen LogP contribution >= 0.6 is 0 Å². The van der Waals surface area contributed by atoms with E-state index in [1.807, 2.05) is 0 Å². The molecule has 11 heteroatoms. The van der Waals surface area contributed by atoms with Crippen molar-refractivity contribution in [3.05, 3.63) is 72.2 Å². The normalized spacial score (nSPS) is 18.9. The molecule has 7 nitrogen and oxygen atoms in total. The van der Waals surface area contributed by atoms with Crippen LogP contribution in [0.15, 0.2) is 60.8 Å². The van der Waals surface area contributed by atoms with Gasteiger partial charge in [0.05, 0.1) is 23.2 Å². The lowest BCUT2D eigenvalue weighted by atomic mass is 9.83. The van der Waals surface area contributed by atoms with Crippen molar-refractivity contribution in [1.29, 1.82) is 0 Å². The van der Waals surface area contributed by atoms with Crippen LogP contribution in [-0.2, 0) is 9.84 Å². The molecule has 2 aromatic heterocycles. The summed E-state index contributed by atoms with van der Waals surface area (Å²) in [6.07, 6.45) is 1.53. The average Bonchev–Trinajstić information content (AvgIpc) is 3.35. The van der Waals surface area contributed by atoms with Crippen LogP contribution in [0.1, 0.15) is 30.1 Å². The van der Waals surface area contributed by atoms with Gasteiger partial charge in [-0.15, -0.1) is 0 Å². The van der Waals surface area contributed by atoms with Crippen LogP contribution in [0.4, 0.5) is 13.2 Å². The number of aromatic nitrogens is 3. The molecule has 192 valence electrons. The van der Waals surface area contributed by atoms with E-state index in [0.29, 0.717) is 34.1 Å². The van der Waals surface area contributed by atoms with E-state index in [2.05, 4.69) is 14.8 Å². The minimum Gasteiger partial charge on any atom is -0.435 e. The molecular formula is C26H22F3N3O4S.